The van der Waals surface area contributed by atoms with Crippen molar-refractivity contribution in [2.24, 2.45) is 0 Å². The first-order valence-electron chi connectivity index (χ1n) is 7.40. The Bertz CT molecular complexity index is 773. The van der Waals surface area contributed by atoms with Gasteiger partial charge in [-0.1, -0.05) is 0 Å². The lowest BCUT2D eigenvalue weighted by atomic mass is 10.1. The van der Waals surface area contributed by atoms with E-state index < -0.39 is 0 Å². The zero-order chi connectivity index (χ0) is 15.5. The number of aryl methyl sites for hydroxylation is 4. The number of halogens is 1. The van der Waals surface area contributed by atoms with Crippen LogP contribution in [0.15, 0.2) is 43.0 Å². The van der Waals surface area contributed by atoms with E-state index in [1.807, 2.05) is 37.1 Å². The number of benzene rings is 1. The van der Waals surface area contributed by atoms with Crippen LogP contribution in [0.25, 0.3) is 11.4 Å². The van der Waals surface area contributed by atoms with Gasteiger partial charge in [-0.2, -0.15) is 5.10 Å². The van der Waals surface area contributed by atoms with Crippen LogP contribution in [0.5, 0.6) is 0 Å². The molecule has 0 bridgehead atoms. The summed E-state index contributed by atoms with van der Waals surface area (Å²) in [6.07, 6.45) is 8.62. The van der Waals surface area contributed by atoms with Crippen LogP contribution in [0.3, 0.4) is 0 Å². The molecule has 114 valence electrons. The van der Waals surface area contributed by atoms with Crippen molar-refractivity contribution in [2.75, 3.05) is 0 Å². The van der Waals surface area contributed by atoms with Gasteiger partial charge in [0.1, 0.15) is 11.6 Å². The van der Waals surface area contributed by atoms with E-state index in [4.69, 9.17) is 0 Å². The molecule has 0 saturated heterocycles. The lowest BCUT2D eigenvalue weighted by Crippen LogP contribution is -2.05. The molecule has 3 aromatic rings. The maximum atomic E-state index is 13.2. The van der Waals surface area contributed by atoms with E-state index in [1.165, 1.54) is 11.6 Å². The molecule has 0 saturated carbocycles. The Labute approximate surface area is 129 Å². The summed E-state index contributed by atoms with van der Waals surface area (Å²) in [5.74, 6) is 0.669. The Balaban J connectivity index is 1.72. The Morgan fingerprint density at radius 1 is 1.18 bits per heavy atom. The van der Waals surface area contributed by atoms with Gasteiger partial charge in [-0.25, -0.2) is 9.37 Å². The quantitative estimate of drug-likeness (QED) is 0.721. The van der Waals surface area contributed by atoms with Crippen LogP contribution in [0.4, 0.5) is 4.39 Å². The van der Waals surface area contributed by atoms with Crippen LogP contribution in [0, 0.1) is 19.7 Å². The smallest absolute Gasteiger partial charge is 0.140 e. The van der Waals surface area contributed by atoms with Gasteiger partial charge in [0, 0.05) is 37.2 Å². The molecule has 0 amide bonds. The third kappa shape index (κ3) is 3.08. The van der Waals surface area contributed by atoms with Crippen molar-refractivity contribution < 1.29 is 4.39 Å². The van der Waals surface area contributed by atoms with E-state index >= 15 is 0 Å². The molecule has 22 heavy (non-hydrogen) atoms. The van der Waals surface area contributed by atoms with E-state index in [-0.39, 0.29) is 5.82 Å². The van der Waals surface area contributed by atoms with Crippen LogP contribution < -0.4 is 0 Å². The standard InChI is InChI=1S/C17H19FN4/c1-13-11-20-22(12-13)8-3-7-21-9-6-19-17(21)16-5-4-15(18)10-14(16)2/h4-6,9-12H,3,7-8H2,1-2H3. The van der Waals surface area contributed by atoms with Crippen molar-refractivity contribution in [1.82, 2.24) is 19.3 Å². The predicted molar refractivity (Wildman–Crippen MR) is 83.9 cm³/mol. The summed E-state index contributed by atoms with van der Waals surface area (Å²) in [4.78, 5) is 4.42. The van der Waals surface area contributed by atoms with Crippen molar-refractivity contribution in [3.05, 3.63) is 59.9 Å². The summed E-state index contributed by atoms with van der Waals surface area (Å²) in [7, 11) is 0. The molecule has 0 aliphatic rings. The molecule has 1 aromatic carbocycles. The number of rotatable bonds is 5. The number of nitrogens with zero attached hydrogens (tertiary/aromatic N) is 4. The minimum Gasteiger partial charge on any atom is -0.331 e. The minimum absolute atomic E-state index is 0.214. The summed E-state index contributed by atoms with van der Waals surface area (Å²) < 4.78 is 17.3. The molecule has 0 N–H and O–H groups in total. The number of hydrogen-bond donors (Lipinski definition) is 0. The molecule has 4 nitrogen and oxygen atoms in total. The van der Waals surface area contributed by atoms with Crippen molar-refractivity contribution >= 4 is 0 Å². The molecule has 3 rings (SSSR count). The van der Waals surface area contributed by atoms with Gasteiger partial charge < -0.3 is 4.57 Å². The molecule has 0 aliphatic heterocycles. The summed E-state index contributed by atoms with van der Waals surface area (Å²) in [5, 5.41) is 4.29. The van der Waals surface area contributed by atoms with Gasteiger partial charge in [-0.3, -0.25) is 4.68 Å². The second kappa shape index (κ2) is 6.13. The van der Waals surface area contributed by atoms with Crippen molar-refractivity contribution in [3.8, 4) is 11.4 Å². The highest BCUT2D eigenvalue weighted by Gasteiger charge is 2.09. The molecule has 0 unspecified atom stereocenters. The summed E-state index contributed by atoms with van der Waals surface area (Å²) in [6.45, 7) is 5.66. The summed E-state index contributed by atoms with van der Waals surface area (Å²) >= 11 is 0. The summed E-state index contributed by atoms with van der Waals surface area (Å²) in [6, 6.07) is 4.81. The molecule has 0 atom stereocenters. The first-order valence-corrected chi connectivity index (χ1v) is 7.40. The van der Waals surface area contributed by atoms with E-state index in [2.05, 4.69) is 14.6 Å². The van der Waals surface area contributed by atoms with Gasteiger partial charge in [0.25, 0.3) is 0 Å². The van der Waals surface area contributed by atoms with Crippen LogP contribution in [-0.2, 0) is 13.1 Å². The monoisotopic (exact) mass is 298 g/mol. The summed E-state index contributed by atoms with van der Waals surface area (Å²) in [5.41, 5.74) is 3.04. The Morgan fingerprint density at radius 3 is 2.77 bits per heavy atom. The average molecular weight is 298 g/mol. The third-order valence-electron chi connectivity index (χ3n) is 3.69. The van der Waals surface area contributed by atoms with Gasteiger partial charge in [0.05, 0.1) is 6.20 Å². The molecule has 2 heterocycles. The number of hydrogen-bond acceptors (Lipinski definition) is 2. The molecule has 2 aromatic heterocycles. The Kier molecular flexibility index (Phi) is 4.04. The predicted octanol–water partition coefficient (Wildman–Crippen LogP) is 3.59. The highest BCUT2D eigenvalue weighted by molar-refractivity contribution is 5.60. The third-order valence-corrected chi connectivity index (χ3v) is 3.69. The molecule has 0 aliphatic carbocycles. The van der Waals surface area contributed by atoms with Gasteiger partial charge in [0.15, 0.2) is 0 Å². The lowest BCUT2D eigenvalue weighted by Gasteiger charge is -2.10. The first-order chi connectivity index (χ1) is 10.6. The zero-order valence-electron chi connectivity index (χ0n) is 12.8. The van der Waals surface area contributed by atoms with Gasteiger partial charge in [0.2, 0.25) is 0 Å². The average Bonchev–Trinajstić information content (AvgIpc) is 3.09. The van der Waals surface area contributed by atoms with Gasteiger partial charge in [-0.05, 0) is 49.6 Å². The first kappa shape index (κ1) is 14.5. The largest absolute Gasteiger partial charge is 0.331 e. The lowest BCUT2D eigenvalue weighted by molar-refractivity contribution is 0.528. The molecule has 0 fully saturated rings. The molecule has 0 spiro atoms. The Morgan fingerprint density at radius 2 is 2.05 bits per heavy atom. The zero-order valence-corrected chi connectivity index (χ0v) is 12.8. The van der Waals surface area contributed by atoms with Gasteiger partial charge in [-0.15, -0.1) is 0 Å². The number of aromatic nitrogens is 4. The molecule has 0 radical (unpaired) electrons. The topological polar surface area (TPSA) is 35.6 Å². The van der Waals surface area contributed by atoms with Crippen LogP contribution >= 0.6 is 0 Å². The second-order valence-electron chi connectivity index (χ2n) is 5.54. The fourth-order valence-electron chi connectivity index (χ4n) is 2.60. The van der Waals surface area contributed by atoms with Gasteiger partial charge >= 0.3 is 0 Å². The minimum atomic E-state index is -0.214. The highest BCUT2D eigenvalue weighted by atomic mass is 19.1. The number of imidazole rings is 1. The SMILES string of the molecule is Cc1cnn(CCCn2ccnc2-c2ccc(F)cc2C)c1. The molecule has 5 heteroatoms. The maximum Gasteiger partial charge on any atom is 0.140 e. The fourth-order valence-corrected chi connectivity index (χ4v) is 2.60. The second-order valence-corrected chi connectivity index (χ2v) is 5.54. The van der Waals surface area contributed by atoms with E-state index in [0.717, 1.165) is 36.5 Å². The van der Waals surface area contributed by atoms with Crippen LogP contribution in [0.1, 0.15) is 17.5 Å². The maximum absolute atomic E-state index is 13.2. The fraction of sp³-hybridized carbons (Fsp3) is 0.294. The molecular formula is C17H19FN4. The Hall–Kier alpha value is -2.43. The van der Waals surface area contributed by atoms with E-state index in [0.29, 0.717) is 0 Å². The van der Waals surface area contributed by atoms with Crippen molar-refractivity contribution in [1.29, 1.82) is 0 Å². The van der Waals surface area contributed by atoms with Crippen LogP contribution in [0.2, 0.25) is 0 Å². The molecular weight excluding hydrogens is 279 g/mol. The van der Waals surface area contributed by atoms with Crippen molar-refractivity contribution in [2.45, 2.75) is 33.4 Å². The normalized spacial score (nSPS) is 11.0. The van der Waals surface area contributed by atoms with Crippen LogP contribution in [-0.4, -0.2) is 19.3 Å². The van der Waals surface area contributed by atoms with Crippen molar-refractivity contribution in [3.63, 3.8) is 0 Å². The highest BCUT2D eigenvalue weighted by Crippen LogP contribution is 2.22. The van der Waals surface area contributed by atoms with E-state index in [1.54, 1.807) is 18.3 Å². The van der Waals surface area contributed by atoms with E-state index in [9.17, 15) is 4.39 Å².